The van der Waals surface area contributed by atoms with Crippen molar-refractivity contribution in [2.75, 3.05) is 17.3 Å². The summed E-state index contributed by atoms with van der Waals surface area (Å²) in [5.74, 6) is -0.394. The Kier molecular flexibility index (Phi) is 4.77. The van der Waals surface area contributed by atoms with Crippen LogP contribution < -0.4 is 5.32 Å². The molecular weight excluding hydrogens is 254 g/mol. The summed E-state index contributed by atoms with van der Waals surface area (Å²) in [6.45, 7) is 5.23. The van der Waals surface area contributed by atoms with Gasteiger partial charge in [0, 0.05) is 28.9 Å². The number of rotatable bonds is 5. The summed E-state index contributed by atoms with van der Waals surface area (Å²) in [4.78, 5) is 11.2. The second kappa shape index (κ2) is 5.90. The van der Waals surface area contributed by atoms with Gasteiger partial charge in [0.2, 0.25) is 0 Å². The number of hydrogen-bond acceptors (Lipinski definition) is 5. The number of anilines is 1. The molecule has 6 nitrogen and oxygen atoms in total. The minimum atomic E-state index is -1.04. The topological polar surface area (TPSA) is 92.2 Å². The third kappa shape index (κ3) is 3.49. The highest BCUT2D eigenvalue weighted by atomic mass is 32.2. The van der Waals surface area contributed by atoms with E-state index in [1.807, 2.05) is 6.92 Å². The summed E-state index contributed by atoms with van der Waals surface area (Å²) in [5.41, 5.74) is 1.30. The summed E-state index contributed by atoms with van der Waals surface area (Å²) in [5, 5.41) is 19.9. The number of nitrogens with zero attached hydrogens (tertiary/aromatic N) is 2. The number of aromatic nitrogens is 2. The molecule has 0 spiro atoms. The molecule has 0 aliphatic rings. The number of carboxylic acids is 1. The standard InChI is InChI=1S/C11H17N3O3S/c1-6(5-18(4)17)12-10-9(11(15)16)7(2)8(3)13-14-10/h6H,5H2,1-4H3,(H,12,14)(H,15,16). The van der Waals surface area contributed by atoms with Crippen molar-refractivity contribution in [3.05, 3.63) is 16.8 Å². The Bertz CT molecular complexity index is 491. The van der Waals surface area contributed by atoms with E-state index >= 15 is 0 Å². The molecule has 0 amide bonds. The lowest BCUT2D eigenvalue weighted by molar-refractivity contribution is 0.0696. The summed E-state index contributed by atoms with van der Waals surface area (Å²) >= 11 is 0. The number of hydrogen-bond donors (Lipinski definition) is 2. The highest BCUT2D eigenvalue weighted by Crippen LogP contribution is 2.19. The van der Waals surface area contributed by atoms with Gasteiger partial charge in [-0.15, -0.1) is 5.10 Å². The Balaban J connectivity index is 3.06. The van der Waals surface area contributed by atoms with Gasteiger partial charge < -0.3 is 10.4 Å². The van der Waals surface area contributed by atoms with Gasteiger partial charge in [-0.1, -0.05) is 0 Å². The van der Waals surface area contributed by atoms with Crippen molar-refractivity contribution in [1.29, 1.82) is 0 Å². The van der Waals surface area contributed by atoms with Crippen molar-refractivity contribution in [2.24, 2.45) is 0 Å². The van der Waals surface area contributed by atoms with E-state index in [2.05, 4.69) is 15.5 Å². The van der Waals surface area contributed by atoms with E-state index in [9.17, 15) is 14.1 Å². The van der Waals surface area contributed by atoms with Crippen molar-refractivity contribution >= 4 is 22.6 Å². The average molecular weight is 271 g/mol. The maximum absolute atomic E-state index is 11.2. The fourth-order valence-corrected chi connectivity index (χ4v) is 2.39. The van der Waals surface area contributed by atoms with Crippen LogP contribution in [0.3, 0.4) is 0 Å². The van der Waals surface area contributed by atoms with E-state index in [1.165, 1.54) is 0 Å². The minimum absolute atomic E-state index is 0.122. The van der Waals surface area contributed by atoms with Crippen LogP contribution in [0.4, 0.5) is 5.82 Å². The van der Waals surface area contributed by atoms with Crippen molar-refractivity contribution in [2.45, 2.75) is 26.8 Å². The van der Waals surface area contributed by atoms with E-state index in [-0.39, 0.29) is 17.4 Å². The first-order valence-electron chi connectivity index (χ1n) is 5.46. The molecule has 0 aliphatic carbocycles. The first kappa shape index (κ1) is 14.6. The molecule has 1 rings (SSSR count). The van der Waals surface area contributed by atoms with Crippen LogP contribution in [0.25, 0.3) is 0 Å². The molecule has 2 atom stereocenters. The zero-order valence-corrected chi connectivity index (χ0v) is 11.7. The van der Waals surface area contributed by atoms with Crippen LogP contribution >= 0.6 is 0 Å². The predicted octanol–water partition coefficient (Wildman–Crippen LogP) is 0.971. The second-order valence-corrected chi connectivity index (χ2v) is 5.70. The molecule has 7 heteroatoms. The summed E-state index contributed by atoms with van der Waals surface area (Å²) in [7, 11) is -0.954. The van der Waals surface area contributed by atoms with E-state index in [0.29, 0.717) is 17.0 Å². The normalized spacial score (nSPS) is 14.0. The molecule has 2 unspecified atom stereocenters. The van der Waals surface area contributed by atoms with E-state index in [0.717, 1.165) is 0 Å². The number of nitrogens with one attached hydrogen (secondary N) is 1. The zero-order valence-electron chi connectivity index (χ0n) is 10.9. The van der Waals surface area contributed by atoms with Gasteiger partial charge in [-0.25, -0.2) is 4.79 Å². The molecule has 100 valence electrons. The minimum Gasteiger partial charge on any atom is -0.478 e. The SMILES string of the molecule is Cc1nnc(NC(C)CS(C)=O)c(C(=O)O)c1C. The maximum Gasteiger partial charge on any atom is 0.339 e. The highest BCUT2D eigenvalue weighted by molar-refractivity contribution is 7.84. The fraction of sp³-hybridized carbons (Fsp3) is 0.545. The lowest BCUT2D eigenvalue weighted by atomic mass is 10.1. The van der Waals surface area contributed by atoms with Crippen LogP contribution in [-0.4, -0.2) is 43.5 Å². The summed E-state index contributed by atoms with van der Waals surface area (Å²) in [6.07, 6.45) is 1.60. The first-order valence-corrected chi connectivity index (χ1v) is 7.19. The maximum atomic E-state index is 11.2. The summed E-state index contributed by atoms with van der Waals surface area (Å²) < 4.78 is 11.1. The molecule has 1 heterocycles. The molecular formula is C11H17N3O3S. The predicted molar refractivity (Wildman–Crippen MR) is 70.5 cm³/mol. The van der Waals surface area contributed by atoms with Gasteiger partial charge in [0.25, 0.3) is 0 Å². The molecule has 18 heavy (non-hydrogen) atoms. The Morgan fingerprint density at radius 2 is 2.06 bits per heavy atom. The monoisotopic (exact) mass is 271 g/mol. The van der Waals surface area contributed by atoms with Gasteiger partial charge in [0.05, 0.1) is 5.69 Å². The second-order valence-electron chi connectivity index (χ2n) is 4.22. The smallest absolute Gasteiger partial charge is 0.339 e. The average Bonchev–Trinajstić information content (AvgIpc) is 2.21. The molecule has 1 aromatic rings. The third-order valence-electron chi connectivity index (χ3n) is 2.54. The molecule has 0 aromatic carbocycles. The van der Waals surface area contributed by atoms with Crippen molar-refractivity contribution in [3.63, 3.8) is 0 Å². The van der Waals surface area contributed by atoms with Crippen molar-refractivity contribution in [1.82, 2.24) is 10.2 Å². The number of carbonyl (C=O) groups is 1. The van der Waals surface area contributed by atoms with Crippen molar-refractivity contribution in [3.8, 4) is 0 Å². The number of aryl methyl sites for hydroxylation is 1. The lowest BCUT2D eigenvalue weighted by Crippen LogP contribution is -2.25. The number of carboxylic acid groups (broad SMARTS) is 1. The van der Waals surface area contributed by atoms with Crippen LogP contribution in [-0.2, 0) is 10.8 Å². The van der Waals surface area contributed by atoms with Gasteiger partial charge >= 0.3 is 5.97 Å². The third-order valence-corrected chi connectivity index (χ3v) is 3.51. The molecule has 2 N–H and O–H groups in total. The quantitative estimate of drug-likeness (QED) is 0.829. The van der Waals surface area contributed by atoms with E-state index in [4.69, 9.17) is 0 Å². The Hall–Kier alpha value is -1.50. The lowest BCUT2D eigenvalue weighted by Gasteiger charge is -2.15. The van der Waals surface area contributed by atoms with Gasteiger partial charge in [-0.3, -0.25) is 4.21 Å². The van der Waals surface area contributed by atoms with Gasteiger partial charge in [0.15, 0.2) is 5.82 Å². The van der Waals surface area contributed by atoms with Gasteiger partial charge in [-0.2, -0.15) is 5.10 Å². The van der Waals surface area contributed by atoms with Crippen LogP contribution in [0.1, 0.15) is 28.5 Å². The molecule has 0 radical (unpaired) electrons. The van der Waals surface area contributed by atoms with E-state index in [1.54, 1.807) is 20.1 Å². The molecule has 0 aliphatic heterocycles. The number of aromatic carboxylic acids is 1. The molecule has 0 saturated carbocycles. The fourth-order valence-electron chi connectivity index (χ4n) is 1.60. The van der Waals surface area contributed by atoms with Crippen LogP contribution in [0.5, 0.6) is 0 Å². The largest absolute Gasteiger partial charge is 0.478 e. The van der Waals surface area contributed by atoms with Crippen molar-refractivity contribution < 1.29 is 14.1 Å². The Labute approximate surface area is 108 Å². The highest BCUT2D eigenvalue weighted by Gasteiger charge is 2.19. The van der Waals surface area contributed by atoms with Gasteiger partial charge in [-0.05, 0) is 26.3 Å². The molecule has 1 aromatic heterocycles. The summed E-state index contributed by atoms with van der Waals surface area (Å²) in [6, 6.07) is -0.134. The van der Waals surface area contributed by atoms with Crippen LogP contribution in [0, 0.1) is 13.8 Å². The van der Waals surface area contributed by atoms with E-state index < -0.39 is 16.8 Å². The first-order chi connectivity index (χ1) is 8.32. The Morgan fingerprint density at radius 1 is 1.44 bits per heavy atom. The van der Waals surface area contributed by atoms with Crippen LogP contribution in [0.2, 0.25) is 0 Å². The van der Waals surface area contributed by atoms with Crippen LogP contribution in [0.15, 0.2) is 0 Å². The zero-order chi connectivity index (χ0) is 13.9. The molecule has 0 saturated heterocycles. The van der Waals surface area contributed by atoms with Gasteiger partial charge in [0.1, 0.15) is 5.56 Å². The molecule has 0 fully saturated rings. The molecule has 0 bridgehead atoms. The Morgan fingerprint density at radius 3 is 2.56 bits per heavy atom.